The van der Waals surface area contributed by atoms with Crippen LogP contribution >= 0.6 is 22.9 Å². The maximum absolute atomic E-state index is 11.1. The summed E-state index contributed by atoms with van der Waals surface area (Å²) in [4.78, 5) is 15.6. The quantitative estimate of drug-likeness (QED) is 0.642. The number of thiazole rings is 1. The lowest BCUT2D eigenvalue weighted by Crippen LogP contribution is -2.07. The molecule has 25 heavy (non-hydrogen) atoms. The van der Waals surface area contributed by atoms with E-state index in [1.807, 2.05) is 36.4 Å². The molecule has 0 spiro atoms. The summed E-state index contributed by atoms with van der Waals surface area (Å²) in [5.74, 6) is -0.890. The number of benzene rings is 2. The van der Waals surface area contributed by atoms with Crippen LogP contribution in [0.25, 0.3) is 10.6 Å². The van der Waals surface area contributed by atoms with Gasteiger partial charge in [-0.2, -0.15) is 0 Å². The van der Waals surface area contributed by atoms with Gasteiger partial charge in [0.15, 0.2) is 0 Å². The number of halogens is 1. The van der Waals surface area contributed by atoms with Gasteiger partial charge in [-0.3, -0.25) is 4.79 Å². The summed E-state index contributed by atoms with van der Waals surface area (Å²) in [6, 6.07) is 15.2. The second-order valence-corrected chi connectivity index (χ2v) is 6.85. The second kappa shape index (κ2) is 7.68. The molecule has 0 aliphatic rings. The zero-order valence-corrected chi connectivity index (χ0v) is 15.1. The first-order chi connectivity index (χ1) is 12.0. The van der Waals surface area contributed by atoms with Gasteiger partial charge in [0.2, 0.25) is 0 Å². The zero-order chi connectivity index (χ0) is 17.8. The van der Waals surface area contributed by atoms with Crippen LogP contribution in [0.3, 0.4) is 0 Å². The molecule has 0 bridgehead atoms. The SMILES string of the molecule is CC(C(=O)O)c1csc(-c2cc(Cl)ccc2OCc2ccccc2)n1. The second-order valence-electron chi connectivity index (χ2n) is 5.55. The van der Waals surface area contributed by atoms with Crippen molar-refractivity contribution < 1.29 is 14.6 Å². The molecule has 0 saturated carbocycles. The average molecular weight is 374 g/mol. The van der Waals surface area contributed by atoms with Gasteiger partial charge in [0.25, 0.3) is 0 Å². The largest absolute Gasteiger partial charge is 0.488 e. The van der Waals surface area contributed by atoms with E-state index in [4.69, 9.17) is 21.4 Å². The van der Waals surface area contributed by atoms with Gasteiger partial charge in [-0.15, -0.1) is 11.3 Å². The van der Waals surface area contributed by atoms with E-state index in [1.165, 1.54) is 11.3 Å². The molecular weight excluding hydrogens is 358 g/mol. The molecule has 0 saturated heterocycles. The Bertz CT molecular complexity index is 879. The molecule has 128 valence electrons. The fourth-order valence-corrected chi connectivity index (χ4v) is 3.37. The Morgan fingerprint density at radius 3 is 2.76 bits per heavy atom. The maximum atomic E-state index is 11.1. The molecule has 0 radical (unpaired) electrons. The molecule has 1 aromatic heterocycles. The molecule has 6 heteroatoms. The molecule has 1 N–H and O–H groups in total. The van der Waals surface area contributed by atoms with Crippen LogP contribution in [0, 0.1) is 0 Å². The average Bonchev–Trinajstić information content (AvgIpc) is 3.10. The Labute approximate surface area is 154 Å². The summed E-state index contributed by atoms with van der Waals surface area (Å²) < 4.78 is 5.94. The minimum Gasteiger partial charge on any atom is -0.488 e. The lowest BCUT2D eigenvalue weighted by molar-refractivity contribution is -0.138. The highest BCUT2D eigenvalue weighted by Crippen LogP contribution is 2.36. The molecule has 2 aromatic carbocycles. The number of aliphatic carboxylic acids is 1. The van der Waals surface area contributed by atoms with Gasteiger partial charge in [0, 0.05) is 10.4 Å². The number of rotatable bonds is 6. The van der Waals surface area contributed by atoms with E-state index in [1.54, 1.807) is 24.4 Å². The van der Waals surface area contributed by atoms with E-state index in [0.717, 1.165) is 11.1 Å². The third-order valence-electron chi connectivity index (χ3n) is 3.75. The van der Waals surface area contributed by atoms with E-state index in [-0.39, 0.29) is 0 Å². The predicted molar refractivity (Wildman–Crippen MR) is 99.4 cm³/mol. The Hall–Kier alpha value is -2.37. The lowest BCUT2D eigenvalue weighted by Gasteiger charge is -2.11. The number of carboxylic acids is 1. The van der Waals surface area contributed by atoms with Crippen molar-refractivity contribution in [3.8, 4) is 16.3 Å². The van der Waals surface area contributed by atoms with Gasteiger partial charge < -0.3 is 9.84 Å². The first-order valence-corrected chi connectivity index (χ1v) is 8.95. The Balaban J connectivity index is 1.88. The van der Waals surface area contributed by atoms with Crippen molar-refractivity contribution in [1.82, 2.24) is 4.98 Å². The van der Waals surface area contributed by atoms with Crippen LogP contribution in [0.4, 0.5) is 0 Å². The van der Waals surface area contributed by atoms with Crippen molar-refractivity contribution in [2.45, 2.75) is 19.4 Å². The topological polar surface area (TPSA) is 59.4 Å². The standard InChI is InChI=1S/C19H16ClNO3S/c1-12(19(22)23)16-11-25-18(21-16)15-9-14(20)7-8-17(15)24-10-13-5-3-2-4-6-13/h2-9,11-12H,10H2,1H3,(H,22,23). The molecule has 1 heterocycles. The van der Waals surface area contributed by atoms with Gasteiger partial charge in [0.1, 0.15) is 17.4 Å². The van der Waals surface area contributed by atoms with E-state index in [0.29, 0.717) is 28.1 Å². The molecule has 1 atom stereocenters. The van der Waals surface area contributed by atoms with Crippen LogP contribution in [-0.4, -0.2) is 16.1 Å². The fourth-order valence-electron chi connectivity index (χ4n) is 2.27. The predicted octanol–water partition coefficient (Wildman–Crippen LogP) is 5.23. The van der Waals surface area contributed by atoms with Crippen molar-refractivity contribution in [2.24, 2.45) is 0 Å². The van der Waals surface area contributed by atoms with Crippen molar-refractivity contribution in [2.75, 3.05) is 0 Å². The van der Waals surface area contributed by atoms with Crippen LogP contribution < -0.4 is 4.74 Å². The van der Waals surface area contributed by atoms with Crippen LogP contribution in [0.5, 0.6) is 5.75 Å². The molecule has 0 aliphatic heterocycles. The highest BCUT2D eigenvalue weighted by Gasteiger charge is 2.19. The fraction of sp³-hybridized carbons (Fsp3) is 0.158. The van der Waals surface area contributed by atoms with Crippen LogP contribution in [-0.2, 0) is 11.4 Å². The highest BCUT2D eigenvalue weighted by molar-refractivity contribution is 7.13. The van der Waals surface area contributed by atoms with E-state index >= 15 is 0 Å². The van der Waals surface area contributed by atoms with Crippen molar-refractivity contribution in [1.29, 1.82) is 0 Å². The van der Waals surface area contributed by atoms with E-state index in [2.05, 4.69) is 4.98 Å². The highest BCUT2D eigenvalue weighted by atomic mass is 35.5. The molecule has 0 amide bonds. The molecule has 1 unspecified atom stereocenters. The Morgan fingerprint density at radius 2 is 2.04 bits per heavy atom. The van der Waals surface area contributed by atoms with E-state index < -0.39 is 11.9 Å². The number of carboxylic acid groups (broad SMARTS) is 1. The van der Waals surface area contributed by atoms with Crippen molar-refractivity contribution in [3.05, 3.63) is 70.2 Å². The molecular formula is C19H16ClNO3S. The van der Waals surface area contributed by atoms with Gasteiger partial charge in [-0.05, 0) is 30.7 Å². The third-order valence-corrected chi connectivity index (χ3v) is 4.87. The molecule has 0 fully saturated rings. The van der Waals surface area contributed by atoms with Crippen molar-refractivity contribution >= 4 is 28.9 Å². The minimum atomic E-state index is -0.900. The molecule has 3 aromatic rings. The number of hydrogen-bond acceptors (Lipinski definition) is 4. The van der Waals surface area contributed by atoms with Crippen LogP contribution in [0.1, 0.15) is 24.1 Å². The molecule has 3 rings (SSSR count). The zero-order valence-electron chi connectivity index (χ0n) is 13.5. The number of carbonyl (C=O) groups is 1. The molecule has 4 nitrogen and oxygen atoms in total. The molecule has 0 aliphatic carbocycles. The van der Waals surface area contributed by atoms with Gasteiger partial charge in [0.05, 0.1) is 17.2 Å². The van der Waals surface area contributed by atoms with Gasteiger partial charge in [-0.1, -0.05) is 41.9 Å². The summed E-state index contributed by atoms with van der Waals surface area (Å²) in [5.41, 5.74) is 2.35. The smallest absolute Gasteiger partial charge is 0.312 e. The summed E-state index contributed by atoms with van der Waals surface area (Å²) >= 11 is 7.51. The summed E-state index contributed by atoms with van der Waals surface area (Å²) in [6.45, 7) is 2.05. The number of aromatic nitrogens is 1. The Kier molecular flexibility index (Phi) is 5.36. The van der Waals surface area contributed by atoms with Crippen LogP contribution in [0.15, 0.2) is 53.9 Å². The Morgan fingerprint density at radius 1 is 1.28 bits per heavy atom. The number of nitrogens with zero attached hydrogens (tertiary/aromatic N) is 1. The monoisotopic (exact) mass is 373 g/mol. The summed E-state index contributed by atoms with van der Waals surface area (Å²) in [5, 5.41) is 12.2. The first kappa shape index (κ1) is 17.5. The summed E-state index contributed by atoms with van der Waals surface area (Å²) in [6.07, 6.45) is 0. The van der Waals surface area contributed by atoms with Gasteiger partial charge in [-0.25, -0.2) is 4.98 Å². The number of hydrogen-bond donors (Lipinski definition) is 1. The van der Waals surface area contributed by atoms with Crippen molar-refractivity contribution in [3.63, 3.8) is 0 Å². The minimum absolute atomic E-state index is 0.430. The van der Waals surface area contributed by atoms with Gasteiger partial charge >= 0.3 is 5.97 Å². The first-order valence-electron chi connectivity index (χ1n) is 7.69. The lowest BCUT2D eigenvalue weighted by atomic mass is 10.1. The third kappa shape index (κ3) is 4.18. The van der Waals surface area contributed by atoms with E-state index in [9.17, 15) is 4.79 Å². The number of ether oxygens (including phenoxy) is 1. The van der Waals surface area contributed by atoms with Crippen LogP contribution in [0.2, 0.25) is 5.02 Å². The maximum Gasteiger partial charge on any atom is 0.312 e. The normalized spacial score (nSPS) is 11.9. The summed E-state index contributed by atoms with van der Waals surface area (Å²) in [7, 11) is 0.